The molecule has 0 spiro atoms. The molecule has 0 bridgehead atoms. The zero-order chi connectivity index (χ0) is 8.15. The number of hydrogen-bond donors (Lipinski definition) is 2. The van der Waals surface area contributed by atoms with E-state index < -0.39 is 12.0 Å². The SMILES string of the molecule is CC(C)CC(N)C(=O)OO. The molecule has 1 unspecified atom stereocenters. The van der Waals surface area contributed by atoms with Crippen LogP contribution >= 0.6 is 0 Å². The lowest BCUT2D eigenvalue weighted by molar-refractivity contribution is -0.236. The van der Waals surface area contributed by atoms with Crippen molar-refractivity contribution in [2.24, 2.45) is 11.7 Å². The Morgan fingerprint density at radius 2 is 2.20 bits per heavy atom. The Morgan fingerprint density at radius 1 is 1.70 bits per heavy atom. The summed E-state index contributed by atoms with van der Waals surface area (Å²) in [7, 11) is 0. The number of hydrogen-bond acceptors (Lipinski definition) is 4. The molecule has 0 fully saturated rings. The quantitative estimate of drug-likeness (QED) is 0.447. The molecule has 4 nitrogen and oxygen atoms in total. The Hall–Kier alpha value is -0.610. The molecule has 1 atom stereocenters. The molecular weight excluding hydrogens is 134 g/mol. The molecule has 0 saturated carbocycles. The van der Waals surface area contributed by atoms with Gasteiger partial charge in [0.2, 0.25) is 0 Å². The van der Waals surface area contributed by atoms with Crippen molar-refractivity contribution in [3.05, 3.63) is 0 Å². The average molecular weight is 147 g/mol. The fourth-order valence-electron chi connectivity index (χ4n) is 0.672. The minimum Gasteiger partial charge on any atom is -0.318 e. The van der Waals surface area contributed by atoms with Gasteiger partial charge in [-0.1, -0.05) is 13.8 Å². The predicted octanol–water partition coefficient (Wildman–Crippen LogP) is 0.376. The van der Waals surface area contributed by atoms with E-state index in [1.165, 1.54) is 0 Å². The second-order valence-corrected chi connectivity index (χ2v) is 2.65. The van der Waals surface area contributed by atoms with Gasteiger partial charge in [0, 0.05) is 0 Å². The Balaban J connectivity index is 3.61. The van der Waals surface area contributed by atoms with Crippen LogP contribution in [0.4, 0.5) is 0 Å². The summed E-state index contributed by atoms with van der Waals surface area (Å²) in [5.41, 5.74) is 5.29. The molecule has 3 N–H and O–H groups in total. The topological polar surface area (TPSA) is 72.6 Å². The third-order valence-electron chi connectivity index (χ3n) is 1.12. The summed E-state index contributed by atoms with van der Waals surface area (Å²) in [6.45, 7) is 3.87. The molecule has 0 rings (SSSR count). The Morgan fingerprint density at radius 3 is 2.50 bits per heavy atom. The minimum absolute atomic E-state index is 0.328. The third kappa shape index (κ3) is 3.42. The van der Waals surface area contributed by atoms with Crippen molar-refractivity contribution in [1.82, 2.24) is 0 Å². The molecule has 10 heavy (non-hydrogen) atoms. The number of rotatable bonds is 3. The molecule has 0 aliphatic rings. The highest BCUT2D eigenvalue weighted by molar-refractivity contribution is 5.74. The highest BCUT2D eigenvalue weighted by Gasteiger charge is 2.15. The van der Waals surface area contributed by atoms with Crippen LogP contribution in [-0.2, 0) is 9.68 Å². The van der Waals surface area contributed by atoms with Crippen molar-refractivity contribution < 1.29 is 14.9 Å². The van der Waals surface area contributed by atoms with Crippen molar-refractivity contribution >= 4 is 5.97 Å². The van der Waals surface area contributed by atoms with Gasteiger partial charge >= 0.3 is 5.97 Å². The zero-order valence-corrected chi connectivity index (χ0v) is 6.20. The van der Waals surface area contributed by atoms with Gasteiger partial charge in [0.05, 0.1) is 0 Å². The highest BCUT2D eigenvalue weighted by Crippen LogP contribution is 2.02. The van der Waals surface area contributed by atoms with Crippen LogP contribution in [0.25, 0.3) is 0 Å². The molecule has 0 heterocycles. The molecular formula is C6H13NO3. The van der Waals surface area contributed by atoms with E-state index in [0.29, 0.717) is 12.3 Å². The van der Waals surface area contributed by atoms with Gasteiger partial charge in [-0.3, -0.25) is 4.89 Å². The van der Waals surface area contributed by atoms with Gasteiger partial charge in [-0.2, -0.15) is 5.26 Å². The monoisotopic (exact) mass is 147 g/mol. The first-order chi connectivity index (χ1) is 4.57. The lowest BCUT2D eigenvalue weighted by Gasteiger charge is -2.08. The molecule has 4 heteroatoms. The van der Waals surface area contributed by atoms with Gasteiger partial charge < -0.3 is 5.73 Å². The maximum Gasteiger partial charge on any atom is 0.358 e. The number of carbonyl (C=O) groups excluding carboxylic acids is 1. The summed E-state index contributed by atoms with van der Waals surface area (Å²) in [5.74, 6) is -0.442. The molecule has 0 aromatic rings. The lowest BCUT2D eigenvalue weighted by atomic mass is 10.1. The lowest BCUT2D eigenvalue weighted by Crippen LogP contribution is -2.32. The van der Waals surface area contributed by atoms with Crippen LogP contribution < -0.4 is 5.73 Å². The molecule has 0 radical (unpaired) electrons. The van der Waals surface area contributed by atoms with Gasteiger partial charge in [-0.25, -0.2) is 4.79 Å². The van der Waals surface area contributed by atoms with Crippen molar-refractivity contribution in [2.75, 3.05) is 0 Å². The molecule has 60 valence electrons. The molecule has 0 aromatic heterocycles. The Labute approximate surface area is 59.9 Å². The van der Waals surface area contributed by atoms with E-state index in [4.69, 9.17) is 11.0 Å². The van der Waals surface area contributed by atoms with E-state index in [2.05, 4.69) is 4.89 Å². The largest absolute Gasteiger partial charge is 0.358 e. The summed E-state index contributed by atoms with van der Waals surface area (Å²) in [5, 5.41) is 7.89. The second-order valence-electron chi connectivity index (χ2n) is 2.65. The van der Waals surface area contributed by atoms with E-state index in [-0.39, 0.29) is 0 Å². The van der Waals surface area contributed by atoms with Gasteiger partial charge in [0.1, 0.15) is 6.04 Å². The van der Waals surface area contributed by atoms with Crippen molar-refractivity contribution in [3.8, 4) is 0 Å². The summed E-state index contributed by atoms with van der Waals surface area (Å²) < 4.78 is 0. The molecule has 0 aliphatic heterocycles. The number of nitrogens with two attached hydrogens (primary N) is 1. The molecule has 0 aliphatic carbocycles. The summed E-state index contributed by atoms with van der Waals surface area (Å²) in [6.07, 6.45) is 0.527. The van der Waals surface area contributed by atoms with Crippen LogP contribution in [0.3, 0.4) is 0 Å². The normalized spacial score (nSPS) is 13.3. The van der Waals surface area contributed by atoms with Crippen LogP contribution in [0, 0.1) is 5.92 Å². The minimum atomic E-state index is -0.770. The molecule has 0 amide bonds. The zero-order valence-electron chi connectivity index (χ0n) is 6.20. The summed E-state index contributed by atoms with van der Waals surface area (Å²) >= 11 is 0. The van der Waals surface area contributed by atoms with Crippen LogP contribution in [0.1, 0.15) is 20.3 Å². The van der Waals surface area contributed by atoms with Crippen molar-refractivity contribution in [1.29, 1.82) is 0 Å². The first kappa shape index (κ1) is 9.39. The fraction of sp³-hybridized carbons (Fsp3) is 0.833. The second kappa shape index (κ2) is 4.24. The van der Waals surface area contributed by atoms with Crippen molar-refractivity contribution in [3.63, 3.8) is 0 Å². The molecule has 0 aromatic carbocycles. The standard InChI is InChI=1S/C6H13NO3/c1-4(2)3-5(7)6(8)10-9/h4-5,9H,3,7H2,1-2H3. The predicted molar refractivity (Wildman–Crippen MR) is 36.2 cm³/mol. The van der Waals surface area contributed by atoms with Gasteiger partial charge in [0.15, 0.2) is 0 Å². The summed E-state index contributed by atoms with van der Waals surface area (Å²) in [4.78, 5) is 13.9. The van der Waals surface area contributed by atoms with Gasteiger partial charge in [-0.15, -0.1) is 0 Å². The van der Waals surface area contributed by atoms with E-state index in [1.54, 1.807) is 0 Å². The first-order valence-corrected chi connectivity index (χ1v) is 3.18. The van der Waals surface area contributed by atoms with E-state index >= 15 is 0 Å². The van der Waals surface area contributed by atoms with E-state index in [9.17, 15) is 4.79 Å². The van der Waals surface area contributed by atoms with Crippen molar-refractivity contribution in [2.45, 2.75) is 26.3 Å². The van der Waals surface area contributed by atoms with Gasteiger partial charge in [0.25, 0.3) is 0 Å². The van der Waals surface area contributed by atoms with Gasteiger partial charge in [-0.05, 0) is 12.3 Å². The van der Waals surface area contributed by atoms with Crippen LogP contribution in [0.2, 0.25) is 0 Å². The first-order valence-electron chi connectivity index (χ1n) is 3.18. The highest BCUT2D eigenvalue weighted by atomic mass is 17.1. The average Bonchev–Trinajstić information content (AvgIpc) is 1.85. The maximum absolute atomic E-state index is 10.5. The maximum atomic E-state index is 10.5. The van der Waals surface area contributed by atoms with Crippen LogP contribution in [-0.4, -0.2) is 17.3 Å². The fourth-order valence-corrected chi connectivity index (χ4v) is 0.672. The third-order valence-corrected chi connectivity index (χ3v) is 1.12. The van der Waals surface area contributed by atoms with E-state index in [0.717, 1.165) is 0 Å². The molecule has 0 saturated heterocycles. The van der Waals surface area contributed by atoms with Crippen LogP contribution in [0.5, 0.6) is 0 Å². The summed E-state index contributed by atoms with van der Waals surface area (Å²) in [6, 6.07) is -0.704. The smallest absolute Gasteiger partial charge is 0.318 e. The Bertz CT molecular complexity index is 114. The van der Waals surface area contributed by atoms with E-state index in [1.807, 2.05) is 13.8 Å². The Kier molecular flexibility index (Phi) is 3.99. The van der Waals surface area contributed by atoms with Crippen LogP contribution in [0.15, 0.2) is 0 Å². The number of carbonyl (C=O) groups is 1.